The smallest absolute Gasteiger partial charge is 0.416 e. The minimum Gasteiger partial charge on any atom is -0.497 e. The highest BCUT2D eigenvalue weighted by atomic mass is 28.4. The van der Waals surface area contributed by atoms with Gasteiger partial charge in [0.1, 0.15) is 12.4 Å². The summed E-state index contributed by atoms with van der Waals surface area (Å²) in [6.07, 6.45) is 0.409. The van der Waals surface area contributed by atoms with Gasteiger partial charge in [-0.25, -0.2) is 9.69 Å². The Balaban J connectivity index is 1.62. The topological polar surface area (TPSA) is 74.3 Å². The summed E-state index contributed by atoms with van der Waals surface area (Å²) >= 11 is 0. The molecule has 2 atom stereocenters. The Kier molecular flexibility index (Phi) is 9.92. The summed E-state index contributed by atoms with van der Waals surface area (Å²) in [7, 11) is -0.464. The van der Waals surface area contributed by atoms with Crippen molar-refractivity contribution >= 4 is 20.3 Å². The first-order valence-electron chi connectivity index (χ1n) is 12.9. The second-order valence-corrected chi connectivity index (χ2v) is 15.8. The van der Waals surface area contributed by atoms with Gasteiger partial charge in [0, 0.05) is 6.42 Å². The first-order chi connectivity index (χ1) is 17.5. The number of benzene rings is 2. The average molecular weight is 528 g/mol. The SMILES string of the molecule is COc1ccc(COC[C@@H](CCC(=O)N2C(=O)OC[C@H]2Cc2ccccc2)O[Si](C)(C)C(C)(C)C)cc1. The van der Waals surface area contributed by atoms with Crippen LogP contribution in [0.25, 0.3) is 0 Å². The summed E-state index contributed by atoms with van der Waals surface area (Å²) in [6, 6.07) is 17.3. The lowest BCUT2D eigenvalue weighted by Gasteiger charge is -2.39. The standard InChI is InChI=1S/C29H41NO6Si/c1-29(2,3)37(5,6)36-26(21-34-19-23-12-14-25(33-4)15-13-23)16-17-27(31)30-24(20-35-28(30)32)18-22-10-8-7-9-11-22/h7-15,24,26H,16-21H2,1-6H3/t24-,26-/m1/s1. The minimum atomic E-state index is -2.10. The lowest BCUT2D eigenvalue weighted by atomic mass is 10.1. The molecule has 1 heterocycles. The van der Waals surface area contributed by atoms with Crippen LogP contribution in [0.4, 0.5) is 4.79 Å². The van der Waals surface area contributed by atoms with Gasteiger partial charge in [0.2, 0.25) is 5.91 Å². The minimum absolute atomic E-state index is 0.0186. The van der Waals surface area contributed by atoms with Crippen LogP contribution in [0.5, 0.6) is 5.75 Å². The first kappa shape index (κ1) is 28.9. The molecule has 0 bridgehead atoms. The van der Waals surface area contributed by atoms with Gasteiger partial charge in [0.05, 0.1) is 32.5 Å². The Morgan fingerprint density at radius 3 is 2.38 bits per heavy atom. The molecule has 2 amide bonds. The number of carbonyl (C=O) groups is 2. The van der Waals surface area contributed by atoms with Gasteiger partial charge >= 0.3 is 6.09 Å². The van der Waals surface area contributed by atoms with E-state index in [1.54, 1.807) is 7.11 Å². The van der Waals surface area contributed by atoms with Crippen molar-refractivity contribution in [2.45, 2.75) is 76.9 Å². The number of rotatable bonds is 12. The third kappa shape index (κ3) is 8.15. The summed E-state index contributed by atoms with van der Waals surface area (Å²) in [6.45, 7) is 12.0. The Morgan fingerprint density at radius 1 is 1.08 bits per heavy atom. The second kappa shape index (κ2) is 12.7. The number of ether oxygens (including phenoxy) is 3. The molecule has 202 valence electrons. The van der Waals surface area contributed by atoms with Crippen molar-refractivity contribution < 1.29 is 28.2 Å². The van der Waals surface area contributed by atoms with Crippen molar-refractivity contribution in [1.29, 1.82) is 0 Å². The summed E-state index contributed by atoms with van der Waals surface area (Å²) in [5.41, 5.74) is 2.10. The van der Waals surface area contributed by atoms with Crippen LogP contribution in [0.15, 0.2) is 54.6 Å². The van der Waals surface area contributed by atoms with Crippen molar-refractivity contribution in [2.75, 3.05) is 20.3 Å². The van der Waals surface area contributed by atoms with E-state index in [2.05, 4.69) is 33.9 Å². The fourth-order valence-electron chi connectivity index (χ4n) is 4.01. The number of hydrogen-bond donors (Lipinski definition) is 0. The number of amides is 2. The molecule has 0 spiro atoms. The Morgan fingerprint density at radius 2 is 1.76 bits per heavy atom. The van der Waals surface area contributed by atoms with Gasteiger partial charge in [0.15, 0.2) is 8.32 Å². The molecule has 0 aliphatic carbocycles. The van der Waals surface area contributed by atoms with Crippen molar-refractivity contribution in [3.05, 3.63) is 65.7 Å². The van der Waals surface area contributed by atoms with Gasteiger partial charge in [-0.15, -0.1) is 0 Å². The molecular formula is C29H41NO6Si. The molecular weight excluding hydrogens is 486 g/mol. The number of methoxy groups -OCH3 is 1. The predicted octanol–water partition coefficient (Wildman–Crippen LogP) is 5.97. The van der Waals surface area contributed by atoms with Gasteiger partial charge < -0.3 is 18.6 Å². The maximum absolute atomic E-state index is 13.2. The van der Waals surface area contributed by atoms with E-state index in [0.717, 1.165) is 16.9 Å². The van der Waals surface area contributed by atoms with Crippen molar-refractivity contribution in [2.24, 2.45) is 0 Å². The number of nitrogens with zero attached hydrogens (tertiary/aromatic N) is 1. The lowest BCUT2D eigenvalue weighted by molar-refractivity contribution is -0.129. The van der Waals surface area contributed by atoms with E-state index in [0.29, 0.717) is 26.1 Å². The highest BCUT2D eigenvalue weighted by molar-refractivity contribution is 6.74. The molecule has 7 nitrogen and oxygen atoms in total. The third-order valence-corrected chi connectivity index (χ3v) is 11.8. The van der Waals surface area contributed by atoms with Crippen molar-refractivity contribution in [3.8, 4) is 5.75 Å². The van der Waals surface area contributed by atoms with E-state index in [9.17, 15) is 9.59 Å². The van der Waals surface area contributed by atoms with E-state index >= 15 is 0 Å². The number of cyclic esters (lactones) is 1. The number of hydrogen-bond acceptors (Lipinski definition) is 6. The molecule has 0 radical (unpaired) electrons. The molecule has 1 aliphatic rings. The maximum atomic E-state index is 13.2. The molecule has 0 unspecified atom stereocenters. The molecule has 8 heteroatoms. The number of imide groups is 1. The van der Waals surface area contributed by atoms with Crippen LogP contribution >= 0.6 is 0 Å². The molecule has 1 saturated heterocycles. The van der Waals surface area contributed by atoms with E-state index < -0.39 is 14.4 Å². The molecule has 3 rings (SSSR count). The number of carbonyl (C=O) groups excluding carboxylic acids is 2. The Hall–Kier alpha value is -2.68. The molecule has 1 fully saturated rings. The van der Waals surface area contributed by atoms with E-state index in [-0.39, 0.29) is 36.1 Å². The molecule has 2 aromatic rings. The summed E-state index contributed by atoms with van der Waals surface area (Å²) in [5.74, 6) is 0.565. The lowest BCUT2D eigenvalue weighted by Crippen LogP contribution is -2.45. The first-order valence-corrected chi connectivity index (χ1v) is 15.8. The van der Waals surface area contributed by atoms with E-state index in [1.165, 1.54) is 4.90 Å². The molecule has 37 heavy (non-hydrogen) atoms. The summed E-state index contributed by atoms with van der Waals surface area (Å²) < 4.78 is 23.1. The Labute approximate surface area is 222 Å². The molecule has 2 aromatic carbocycles. The zero-order chi connectivity index (χ0) is 27.1. The fourth-order valence-corrected chi connectivity index (χ4v) is 5.38. The van der Waals surface area contributed by atoms with Crippen LogP contribution in [-0.2, 0) is 31.7 Å². The highest BCUT2D eigenvalue weighted by Gasteiger charge is 2.40. The zero-order valence-corrected chi connectivity index (χ0v) is 24.0. The van der Waals surface area contributed by atoms with Crippen molar-refractivity contribution in [1.82, 2.24) is 4.90 Å². The molecule has 0 aromatic heterocycles. The maximum Gasteiger partial charge on any atom is 0.416 e. The van der Waals surface area contributed by atoms with Gasteiger partial charge in [-0.2, -0.15) is 0 Å². The van der Waals surface area contributed by atoms with Gasteiger partial charge in [0.25, 0.3) is 0 Å². The second-order valence-electron chi connectivity index (χ2n) is 11.1. The van der Waals surface area contributed by atoms with Gasteiger partial charge in [-0.1, -0.05) is 63.2 Å². The Bertz CT molecular complexity index is 1020. The van der Waals surface area contributed by atoms with E-state index in [1.807, 2.05) is 54.6 Å². The predicted molar refractivity (Wildman–Crippen MR) is 146 cm³/mol. The monoisotopic (exact) mass is 527 g/mol. The quantitative estimate of drug-likeness (QED) is 0.317. The molecule has 0 N–H and O–H groups in total. The van der Waals surface area contributed by atoms with E-state index in [4.69, 9.17) is 18.6 Å². The summed E-state index contributed by atoms with van der Waals surface area (Å²) in [5, 5.41) is 0.0186. The normalized spacial score (nSPS) is 17.0. The fraction of sp³-hybridized carbons (Fsp3) is 0.517. The molecule has 0 saturated carbocycles. The van der Waals surface area contributed by atoms with Crippen LogP contribution in [0, 0.1) is 0 Å². The largest absolute Gasteiger partial charge is 0.497 e. The van der Waals surface area contributed by atoms with Crippen LogP contribution < -0.4 is 4.74 Å². The highest BCUT2D eigenvalue weighted by Crippen LogP contribution is 2.38. The van der Waals surface area contributed by atoms with Crippen LogP contribution in [-0.4, -0.2) is 57.7 Å². The zero-order valence-electron chi connectivity index (χ0n) is 23.0. The average Bonchev–Trinajstić information content (AvgIpc) is 3.22. The van der Waals surface area contributed by atoms with Crippen LogP contribution in [0.1, 0.15) is 44.7 Å². The van der Waals surface area contributed by atoms with Crippen molar-refractivity contribution in [3.63, 3.8) is 0 Å². The third-order valence-electron chi connectivity index (χ3n) is 7.22. The molecule has 1 aliphatic heterocycles. The van der Waals surface area contributed by atoms with Gasteiger partial charge in [-0.3, -0.25) is 4.79 Å². The van der Waals surface area contributed by atoms with Crippen LogP contribution in [0.2, 0.25) is 18.1 Å². The van der Waals surface area contributed by atoms with Crippen LogP contribution in [0.3, 0.4) is 0 Å². The summed E-state index contributed by atoms with van der Waals surface area (Å²) in [4.78, 5) is 26.9. The van der Waals surface area contributed by atoms with Gasteiger partial charge in [-0.05, 0) is 54.2 Å².